The van der Waals surface area contributed by atoms with Gasteiger partial charge in [-0.3, -0.25) is 20.2 Å². The average Bonchev–Trinajstić information content (AvgIpc) is 3.31. The lowest BCUT2D eigenvalue weighted by molar-refractivity contribution is -0.384. The van der Waals surface area contributed by atoms with E-state index >= 15 is 0 Å². The Hall–Kier alpha value is -4.06. The van der Waals surface area contributed by atoms with Crippen LogP contribution in [-0.4, -0.2) is 47.2 Å². The fraction of sp³-hybridized carbons (Fsp3) is 0.192. The molecule has 5 rings (SSSR count). The fourth-order valence-electron chi connectivity index (χ4n) is 4.12. The summed E-state index contributed by atoms with van der Waals surface area (Å²) in [6, 6.07) is 17.1. The van der Waals surface area contributed by atoms with Crippen LogP contribution in [0.2, 0.25) is 5.02 Å². The van der Waals surface area contributed by atoms with Crippen molar-refractivity contribution in [2.75, 3.05) is 36.5 Å². The summed E-state index contributed by atoms with van der Waals surface area (Å²) in [6.45, 7) is 2.07. The molecular formula is C26H22ClN5O5S. The SMILES string of the molecule is O=C(NC(=S)Nc1ccc(Cc2nc3cc(Cl)ccc3o2)cc1)c1ccc(N2CCOCC2)c([N+](=O)[O-])c1. The van der Waals surface area contributed by atoms with Crippen LogP contribution in [0.3, 0.4) is 0 Å². The molecule has 194 valence electrons. The van der Waals surface area contributed by atoms with E-state index in [2.05, 4.69) is 15.6 Å². The van der Waals surface area contributed by atoms with Crippen LogP contribution in [-0.2, 0) is 11.2 Å². The predicted octanol–water partition coefficient (Wildman–Crippen LogP) is 4.94. The summed E-state index contributed by atoms with van der Waals surface area (Å²) < 4.78 is 11.1. The van der Waals surface area contributed by atoms with Gasteiger partial charge in [-0.1, -0.05) is 23.7 Å². The van der Waals surface area contributed by atoms with Crippen molar-refractivity contribution in [3.05, 3.63) is 92.8 Å². The Morgan fingerprint density at radius 3 is 2.61 bits per heavy atom. The van der Waals surface area contributed by atoms with Gasteiger partial charge in [-0.25, -0.2) is 4.98 Å². The average molecular weight is 552 g/mol. The number of nitrogens with zero attached hydrogens (tertiary/aromatic N) is 3. The lowest BCUT2D eigenvalue weighted by Gasteiger charge is -2.28. The van der Waals surface area contributed by atoms with Crippen LogP contribution >= 0.6 is 23.8 Å². The number of oxazole rings is 1. The summed E-state index contributed by atoms with van der Waals surface area (Å²) in [5, 5.41) is 17.9. The second-order valence-electron chi connectivity index (χ2n) is 8.56. The number of hydrogen-bond donors (Lipinski definition) is 2. The fourth-order valence-corrected chi connectivity index (χ4v) is 4.50. The normalized spacial score (nSPS) is 13.3. The summed E-state index contributed by atoms with van der Waals surface area (Å²) in [5.41, 5.74) is 3.45. The highest BCUT2D eigenvalue weighted by atomic mass is 35.5. The molecule has 0 bridgehead atoms. The van der Waals surface area contributed by atoms with E-state index in [1.54, 1.807) is 30.3 Å². The number of morpholine rings is 1. The summed E-state index contributed by atoms with van der Waals surface area (Å²) in [6.07, 6.45) is 0.493. The number of benzene rings is 3. The first-order valence-corrected chi connectivity index (χ1v) is 12.5. The Labute approximate surface area is 227 Å². The van der Waals surface area contributed by atoms with E-state index in [9.17, 15) is 14.9 Å². The third-order valence-corrected chi connectivity index (χ3v) is 6.41. The topological polar surface area (TPSA) is 123 Å². The van der Waals surface area contributed by atoms with Gasteiger partial charge < -0.3 is 19.4 Å². The van der Waals surface area contributed by atoms with Crippen molar-refractivity contribution in [3.63, 3.8) is 0 Å². The van der Waals surface area contributed by atoms with E-state index in [1.165, 1.54) is 6.07 Å². The molecule has 1 aliphatic rings. The molecule has 1 fully saturated rings. The first-order chi connectivity index (χ1) is 18.4. The van der Waals surface area contributed by atoms with Crippen molar-refractivity contribution >= 4 is 63.0 Å². The van der Waals surface area contributed by atoms with Crippen LogP contribution in [0.15, 0.2) is 65.1 Å². The number of nitrogens with one attached hydrogen (secondary N) is 2. The van der Waals surface area contributed by atoms with Crippen LogP contribution < -0.4 is 15.5 Å². The summed E-state index contributed by atoms with van der Waals surface area (Å²) in [7, 11) is 0. The minimum atomic E-state index is -0.549. The number of thiocarbonyl (C=S) groups is 1. The highest BCUT2D eigenvalue weighted by Gasteiger charge is 2.23. The Morgan fingerprint density at radius 2 is 1.87 bits per heavy atom. The van der Waals surface area contributed by atoms with Crippen LogP contribution in [0.1, 0.15) is 21.8 Å². The summed E-state index contributed by atoms with van der Waals surface area (Å²) >= 11 is 11.3. The number of fused-ring (bicyclic) bond motifs is 1. The molecule has 2 N–H and O–H groups in total. The molecule has 1 aromatic heterocycles. The van der Waals surface area contributed by atoms with Crippen molar-refractivity contribution in [3.8, 4) is 0 Å². The first kappa shape index (κ1) is 25.6. The van der Waals surface area contributed by atoms with E-state index in [-0.39, 0.29) is 16.4 Å². The van der Waals surface area contributed by atoms with Crippen LogP contribution in [0, 0.1) is 10.1 Å². The number of ether oxygens (including phenoxy) is 1. The van der Waals surface area contributed by atoms with E-state index < -0.39 is 10.8 Å². The number of nitro benzene ring substituents is 1. The number of hydrogen-bond acceptors (Lipinski definition) is 8. The molecule has 1 amide bonds. The van der Waals surface area contributed by atoms with Gasteiger partial charge in [-0.15, -0.1) is 0 Å². The van der Waals surface area contributed by atoms with Gasteiger partial charge in [0.05, 0.1) is 18.1 Å². The molecule has 4 aromatic rings. The Bertz CT molecular complexity index is 1520. The van der Waals surface area contributed by atoms with Crippen LogP contribution in [0.5, 0.6) is 0 Å². The molecule has 0 saturated carbocycles. The minimum absolute atomic E-state index is 0.0680. The number of amides is 1. The van der Waals surface area contributed by atoms with E-state index in [4.69, 9.17) is 33.0 Å². The number of rotatable bonds is 6. The van der Waals surface area contributed by atoms with Gasteiger partial charge in [-0.05, 0) is 60.2 Å². The number of anilines is 2. The summed E-state index contributed by atoms with van der Waals surface area (Å²) in [4.78, 5) is 30.3. The number of nitro groups is 1. The molecule has 0 spiro atoms. The largest absolute Gasteiger partial charge is 0.440 e. The number of carbonyl (C=O) groups is 1. The molecule has 2 heterocycles. The molecule has 0 atom stereocenters. The maximum absolute atomic E-state index is 12.7. The third-order valence-electron chi connectivity index (χ3n) is 5.97. The molecular weight excluding hydrogens is 530 g/mol. The lowest BCUT2D eigenvalue weighted by Crippen LogP contribution is -2.37. The second-order valence-corrected chi connectivity index (χ2v) is 9.41. The van der Waals surface area contributed by atoms with Gasteiger partial charge in [0.15, 0.2) is 16.6 Å². The third kappa shape index (κ3) is 5.91. The first-order valence-electron chi connectivity index (χ1n) is 11.7. The Morgan fingerprint density at radius 1 is 1.11 bits per heavy atom. The second kappa shape index (κ2) is 11.1. The molecule has 1 saturated heterocycles. The molecule has 0 radical (unpaired) electrons. The smallest absolute Gasteiger partial charge is 0.293 e. The molecule has 0 unspecified atom stereocenters. The highest BCUT2D eigenvalue weighted by molar-refractivity contribution is 7.80. The lowest BCUT2D eigenvalue weighted by atomic mass is 10.1. The quantitative estimate of drug-likeness (QED) is 0.195. The number of carbonyl (C=O) groups excluding carboxylic acids is 1. The van der Waals surface area contributed by atoms with Gasteiger partial charge in [0.25, 0.3) is 11.6 Å². The number of aromatic nitrogens is 1. The zero-order valence-electron chi connectivity index (χ0n) is 20.0. The van der Waals surface area contributed by atoms with E-state index in [0.717, 1.165) is 5.56 Å². The van der Waals surface area contributed by atoms with Gasteiger partial charge in [0.2, 0.25) is 0 Å². The van der Waals surface area contributed by atoms with Crippen molar-refractivity contribution in [1.82, 2.24) is 10.3 Å². The van der Waals surface area contributed by atoms with E-state index in [0.29, 0.717) is 66.1 Å². The molecule has 0 aliphatic carbocycles. The van der Waals surface area contributed by atoms with Crippen LogP contribution in [0.4, 0.5) is 17.1 Å². The Kier molecular flexibility index (Phi) is 7.50. The monoisotopic (exact) mass is 551 g/mol. The van der Waals surface area contributed by atoms with Crippen molar-refractivity contribution < 1.29 is 18.9 Å². The van der Waals surface area contributed by atoms with Gasteiger partial charge in [-0.2, -0.15) is 0 Å². The van der Waals surface area contributed by atoms with Gasteiger partial charge in [0.1, 0.15) is 11.2 Å². The van der Waals surface area contributed by atoms with Crippen LogP contribution in [0.25, 0.3) is 11.1 Å². The zero-order chi connectivity index (χ0) is 26.6. The molecule has 1 aliphatic heterocycles. The standard InChI is InChI=1S/C26H22ClN5O5S/c27-18-4-8-23-20(15-18)29-24(37-23)13-16-1-5-19(6-2-16)28-26(38)30-25(33)17-3-7-21(22(14-17)32(34)35)31-9-11-36-12-10-31/h1-8,14-15H,9-13H2,(H2,28,30,33,38). The van der Waals surface area contributed by atoms with Crippen molar-refractivity contribution in [2.45, 2.75) is 6.42 Å². The Balaban J connectivity index is 1.20. The predicted molar refractivity (Wildman–Crippen MR) is 148 cm³/mol. The summed E-state index contributed by atoms with van der Waals surface area (Å²) in [5.74, 6) is 0.0197. The van der Waals surface area contributed by atoms with Gasteiger partial charge >= 0.3 is 0 Å². The highest BCUT2D eigenvalue weighted by Crippen LogP contribution is 2.30. The maximum atomic E-state index is 12.7. The van der Waals surface area contributed by atoms with Crippen molar-refractivity contribution in [2.24, 2.45) is 0 Å². The van der Waals surface area contributed by atoms with E-state index in [1.807, 2.05) is 29.2 Å². The minimum Gasteiger partial charge on any atom is -0.440 e. The number of halogens is 1. The molecule has 12 heteroatoms. The van der Waals surface area contributed by atoms with Crippen molar-refractivity contribution in [1.29, 1.82) is 0 Å². The maximum Gasteiger partial charge on any atom is 0.293 e. The van der Waals surface area contributed by atoms with Gasteiger partial charge in [0, 0.05) is 41.9 Å². The molecule has 10 nitrogen and oxygen atoms in total. The zero-order valence-corrected chi connectivity index (χ0v) is 21.6. The molecule has 38 heavy (non-hydrogen) atoms. The molecule has 3 aromatic carbocycles.